The topological polar surface area (TPSA) is 52.7 Å². The summed E-state index contributed by atoms with van der Waals surface area (Å²) in [6, 6.07) is 0.412. The molecule has 0 unspecified atom stereocenters. The average molecular weight is 246 g/mol. The maximum Gasteiger partial charge on any atom is 0.264 e. The first-order valence-corrected chi connectivity index (χ1v) is 6.59. The van der Waals surface area contributed by atoms with Crippen molar-refractivity contribution in [2.75, 3.05) is 0 Å². The highest BCUT2D eigenvalue weighted by molar-refractivity contribution is 5.73. The summed E-state index contributed by atoms with van der Waals surface area (Å²) < 4.78 is 3.54. The first-order valence-electron chi connectivity index (χ1n) is 6.59. The molecular formula is C13H18N4O. The van der Waals surface area contributed by atoms with Crippen molar-refractivity contribution in [1.29, 1.82) is 0 Å². The lowest BCUT2D eigenvalue weighted by Crippen LogP contribution is -2.21. The molecule has 1 saturated carbocycles. The molecule has 1 fully saturated rings. The molecule has 0 radical (unpaired) electrons. The van der Waals surface area contributed by atoms with Crippen LogP contribution in [0, 0.1) is 6.92 Å². The first kappa shape index (κ1) is 11.4. The van der Waals surface area contributed by atoms with Gasteiger partial charge < -0.3 is 0 Å². The molecule has 0 N–H and O–H groups in total. The normalized spacial score (nSPS) is 17.4. The number of nitrogens with zero attached hydrogens (tertiary/aromatic N) is 4. The highest BCUT2D eigenvalue weighted by Crippen LogP contribution is 2.29. The number of fused-ring (bicyclic) bond motifs is 1. The van der Waals surface area contributed by atoms with Crippen LogP contribution < -0.4 is 5.56 Å². The van der Waals surface area contributed by atoms with Gasteiger partial charge in [0.2, 0.25) is 0 Å². The zero-order chi connectivity index (χ0) is 12.7. The van der Waals surface area contributed by atoms with E-state index in [1.807, 2.05) is 11.6 Å². The maximum atomic E-state index is 12.1. The van der Waals surface area contributed by atoms with Gasteiger partial charge in [0, 0.05) is 7.05 Å². The second-order valence-corrected chi connectivity index (χ2v) is 5.14. The highest BCUT2D eigenvalue weighted by atomic mass is 16.1. The van der Waals surface area contributed by atoms with Crippen LogP contribution in [0.5, 0.6) is 0 Å². The molecular weight excluding hydrogens is 228 g/mol. The Balaban J connectivity index is 2.17. The Morgan fingerprint density at radius 2 is 2.00 bits per heavy atom. The number of hydrogen-bond acceptors (Lipinski definition) is 3. The second-order valence-electron chi connectivity index (χ2n) is 5.14. The van der Waals surface area contributed by atoms with E-state index in [0.717, 1.165) is 24.3 Å². The van der Waals surface area contributed by atoms with E-state index in [0.29, 0.717) is 11.4 Å². The molecule has 0 aliphatic heterocycles. The van der Waals surface area contributed by atoms with E-state index in [1.165, 1.54) is 19.3 Å². The van der Waals surface area contributed by atoms with Crippen LogP contribution in [0.2, 0.25) is 0 Å². The zero-order valence-corrected chi connectivity index (χ0v) is 10.9. The van der Waals surface area contributed by atoms with Gasteiger partial charge in [-0.15, -0.1) is 0 Å². The molecule has 2 heterocycles. The molecule has 5 nitrogen and oxygen atoms in total. The summed E-state index contributed by atoms with van der Waals surface area (Å²) >= 11 is 0. The Morgan fingerprint density at radius 3 is 2.72 bits per heavy atom. The summed E-state index contributed by atoms with van der Waals surface area (Å²) in [5.74, 6) is 0.741. The number of aryl methyl sites for hydroxylation is 1. The zero-order valence-electron chi connectivity index (χ0n) is 10.9. The number of aromatic nitrogens is 4. The molecule has 0 spiro atoms. The smallest absolute Gasteiger partial charge is 0.264 e. The van der Waals surface area contributed by atoms with E-state index < -0.39 is 0 Å². The summed E-state index contributed by atoms with van der Waals surface area (Å²) in [5, 5.41) is 5.04. The van der Waals surface area contributed by atoms with Gasteiger partial charge in [0.15, 0.2) is 5.65 Å². The maximum absolute atomic E-state index is 12.1. The molecule has 0 amide bonds. The molecule has 0 atom stereocenters. The molecule has 0 aromatic carbocycles. The fraction of sp³-hybridized carbons (Fsp3) is 0.615. The third-order valence-corrected chi connectivity index (χ3v) is 3.98. The number of hydrogen-bond donors (Lipinski definition) is 0. The van der Waals surface area contributed by atoms with Crippen molar-refractivity contribution in [2.45, 2.75) is 45.1 Å². The first-order chi connectivity index (χ1) is 8.68. The molecule has 2 aromatic rings. The van der Waals surface area contributed by atoms with Crippen LogP contribution in [0.25, 0.3) is 11.0 Å². The van der Waals surface area contributed by atoms with E-state index in [9.17, 15) is 4.79 Å². The third-order valence-electron chi connectivity index (χ3n) is 3.98. The average Bonchev–Trinajstić information content (AvgIpc) is 2.81. The minimum Gasteiger partial charge on any atom is -0.299 e. The Kier molecular flexibility index (Phi) is 2.69. The lowest BCUT2D eigenvalue weighted by atomic mass is 9.96. The van der Waals surface area contributed by atoms with Crippen LogP contribution in [-0.2, 0) is 7.05 Å². The SMILES string of the molecule is Cc1nc2c(cnn2C2CCCCC2)c(=O)n1C. The summed E-state index contributed by atoms with van der Waals surface area (Å²) in [6.07, 6.45) is 7.76. The van der Waals surface area contributed by atoms with Crippen molar-refractivity contribution in [2.24, 2.45) is 7.05 Å². The third kappa shape index (κ3) is 1.65. The number of rotatable bonds is 1. The van der Waals surface area contributed by atoms with Crippen molar-refractivity contribution >= 4 is 11.0 Å². The Labute approximate surface area is 105 Å². The van der Waals surface area contributed by atoms with Gasteiger partial charge in [-0.05, 0) is 19.8 Å². The van der Waals surface area contributed by atoms with Gasteiger partial charge in [0.05, 0.1) is 12.2 Å². The molecule has 96 valence electrons. The molecule has 0 bridgehead atoms. The van der Waals surface area contributed by atoms with Gasteiger partial charge in [0.1, 0.15) is 11.2 Å². The fourth-order valence-electron chi connectivity index (χ4n) is 2.77. The van der Waals surface area contributed by atoms with Gasteiger partial charge in [-0.1, -0.05) is 19.3 Å². The fourth-order valence-corrected chi connectivity index (χ4v) is 2.77. The van der Waals surface area contributed by atoms with Crippen LogP contribution >= 0.6 is 0 Å². The molecule has 1 aliphatic carbocycles. The second kappa shape index (κ2) is 4.23. The molecule has 5 heteroatoms. The predicted molar refractivity (Wildman–Crippen MR) is 69.6 cm³/mol. The Morgan fingerprint density at radius 1 is 1.28 bits per heavy atom. The molecule has 1 aliphatic rings. The lowest BCUT2D eigenvalue weighted by Gasteiger charge is -2.22. The molecule has 2 aromatic heterocycles. The van der Waals surface area contributed by atoms with Gasteiger partial charge in [0.25, 0.3) is 5.56 Å². The van der Waals surface area contributed by atoms with Crippen LogP contribution in [0.1, 0.15) is 44.0 Å². The monoisotopic (exact) mass is 246 g/mol. The standard InChI is InChI=1S/C13H18N4O/c1-9-15-12-11(13(18)16(9)2)8-14-17(12)10-6-4-3-5-7-10/h8,10H,3-7H2,1-2H3. The van der Waals surface area contributed by atoms with E-state index >= 15 is 0 Å². The summed E-state index contributed by atoms with van der Waals surface area (Å²) in [6.45, 7) is 1.86. The largest absolute Gasteiger partial charge is 0.299 e. The summed E-state index contributed by atoms with van der Waals surface area (Å²) in [5.41, 5.74) is 0.752. The van der Waals surface area contributed by atoms with Crippen molar-refractivity contribution in [3.63, 3.8) is 0 Å². The lowest BCUT2D eigenvalue weighted by molar-refractivity contribution is 0.335. The summed E-state index contributed by atoms with van der Waals surface area (Å²) in [4.78, 5) is 16.6. The van der Waals surface area contributed by atoms with Gasteiger partial charge in [-0.2, -0.15) is 5.10 Å². The van der Waals surface area contributed by atoms with E-state index in [-0.39, 0.29) is 5.56 Å². The minimum absolute atomic E-state index is 0.000408. The van der Waals surface area contributed by atoms with Crippen molar-refractivity contribution in [3.05, 3.63) is 22.4 Å². The predicted octanol–water partition coefficient (Wildman–Crippen LogP) is 1.94. The Bertz CT molecular complexity index is 634. The van der Waals surface area contributed by atoms with Crippen molar-refractivity contribution in [3.8, 4) is 0 Å². The minimum atomic E-state index is -0.000408. The highest BCUT2D eigenvalue weighted by Gasteiger charge is 2.20. The van der Waals surface area contributed by atoms with Crippen LogP contribution in [0.15, 0.2) is 11.0 Å². The Hall–Kier alpha value is -1.65. The van der Waals surface area contributed by atoms with Crippen LogP contribution in [0.4, 0.5) is 0 Å². The molecule has 18 heavy (non-hydrogen) atoms. The van der Waals surface area contributed by atoms with Gasteiger partial charge in [-0.3, -0.25) is 9.36 Å². The summed E-state index contributed by atoms with van der Waals surface area (Å²) in [7, 11) is 1.75. The van der Waals surface area contributed by atoms with Crippen molar-refractivity contribution in [1.82, 2.24) is 19.3 Å². The van der Waals surface area contributed by atoms with Crippen molar-refractivity contribution < 1.29 is 0 Å². The molecule has 0 saturated heterocycles. The van der Waals surface area contributed by atoms with Gasteiger partial charge >= 0.3 is 0 Å². The van der Waals surface area contributed by atoms with Crippen LogP contribution in [-0.4, -0.2) is 19.3 Å². The van der Waals surface area contributed by atoms with Crippen LogP contribution in [0.3, 0.4) is 0 Å². The van der Waals surface area contributed by atoms with E-state index in [2.05, 4.69) is 10.1 Å². The molecule has 3 rings (SSSR count). The van der Waals surface area contributed by atoms with E-state index in [1.54, 1.807) is 17.8 Å². The van der Waals surface area contributed by atoms with E-state index in [4.69, 9.17) is 0 Å². The quantitative estimate of drug-likeness (QED) is 0.772. The van der Waals surface area contributed by atoms with Gasteiger partial charge in [-0.25, -0.2) is 9.67 Å².